The lowest BCUT2D eigenvalue weighted by atomic mass is 9.63. The molecule has 1 heterocycles. The van der Waals surface area contributed by atoms with Crippen molar-refractivity contribution in [3.8, 4) is 0 Å². The van der Waals surface area contributed by atoms with Crippen molar-refractivity contribution in [2.24, 2.45) is 35.5 Å². The lowest BCUT2D eigenvalue weighted by Crippen LogP contribution is -2.46. The summed E-state index contributed by atoms with van der Waals surface area (Å²) in [4.78, 5) is 38.0. The van der Waals surface area contributed by atoms with Crippen LogP contribution in [-0.4, -0.2) is 22.7 Å². The van der Waals surface area contributed by atoms with E-state index in [1.54, 1.807) is 12.1 Å². The van der Waals surface area contributed by atoms with Gasteiger partial charge in [-0.1, -0.05) is 29.8 Å². The molecule has 24 heavy (non-hydrogen) atoms. The molecule has 3 amide bonds. The number of hydrogen-bond donors (Lipinski definition) is 1. The molecule has 1 aromatic carbocycles. The number of aryl methyl sites for hydroxylation is 1. The highest BCUT2D eigenvalue weighted by molar-refractivity contribution is 6.08. The predicted octanol–water partition coefficient (Wildman–Crippen LogP) is 1.69. The van der Waals surface area contributed by atoms with E-state index in [-0.39, 0.29) is 35.5 Å². The number of nitrogens with one attached hydrogen (secondary N) is 1. The molecule has 1 saturated heterocycles. The van der Waals surface area contributed by atoms with Crippen molar-refractivity contribution in [1.29, 1.82) is 0 Å². The summed E-state index contributed by atoms with van der Waals surface area (Å²) in [6.07, 6.45) is 5.37. The van der Waals surface area contributed by atoms with Crippen LogP contribution in [0.2, 0.25) is 0 Å². The van der Waals surface area contributed by atoms with Gasteiger partial charge in [0.05, 0.1) is 11.8 Å². The number of allylic oxidation sites excluding steroid dienone is 2. The van der Waals surface area contributed by atoms with E-state index >= 15 is 0 Å². The number of hydrazine groups is 1. The van der Waals surface area contributed by atoms with Gasteiger partial charge in [-0.25, -0.2) is 0 Å². The molecular weight excluding hydrogens is 304 g/mol. The maximum Gasteiger partial charge on any atom is 0.270 e. The molecule has 5 aliphatic rings. The molecule has 4 aliphatic carbocycles. The first kappa shape index (κ1) is 14.0. The van der Waals surface area contributed by atoms with E-state index in [9.17, 15) is 14.4 Å². The molecule has 6 rings (SSSR count). The molecule has 1 aliphatic heterocycles. The third kappa shape index (κ3) is 1.72. The van der Waals surface area contributed by atoms with Gasteiger partial charge in [0.1, 0.15) is 0 Å². The van der Waals surface area contributed by atoms with Gasteiger partial charge in [-0.3, -0.25) is 19.8 Å². The van der Waals surface area contributed by atoms with Crippen LogP contribution < -0.4 is 5.43 Å². The van der Waals surface area contributed by atoms with Crippen LogP contribution in [0.25, 0.3) is 0 Å². The number of carbonyl (C=O) groups excluding carboxylic acids is 3. The fourth-order valence-corrected chi connectivity index (χ4v) is 4.94. The predicted molar refractivity (Wildman–Crippen MR) is 85.2 cm³/mol. The second-order valence-electron chi connectivity index (χ2n) is 7.47. The van der Waals surface area contributed by atoms with Crippen LogP contribution in [-0.2, 0) is 9.59 Å². The number of benzene rings is 1. The minimum absolute atomic E-state index is 0.169. The van der Waals surface area contributed by atoms with Gasteiger partial charge in [-0.15, -0.1) is 0 Å². The minimum atomic E-state index is -0.416. The van der Waals surface area contributed by atoms with E-state index in [0.717, 1.165) is 17.0 Å². The van der Waals surface area contributed by atoms with Crippen LogP contribution in [0.5, 0.6) is 0 Å². The third-order valence-electron chi connectivity index (χ3n) is 6.19. The molecule has 6 atom stereocenters. The Morgan fingerprint density at radius 1 is 1.00 bits per heavy atom. The van der Waals surface area contributed by atoms with E-state index < -0.39 is 5.91 Å². The standard InChI is InChI=1S/C19H18N2O3/c1-9-2-4-10(5-3-9)17(22)20-21-18(23)15-11-6-7-12(14-8-13(11)14)16(15)19(21)24/h2-7,11-16H,8H2,1H3,(H,20,22)/t11?,12?,13-,14-,15-,16+/m0/s1. The number of carbonyl (C=O) groups is 3. The Kier molecular flexibility index (Phi) is 2.65. The number of nitrogens with zero attached hydrogens (tertiary/aromatic N) is 1. The van der Waals surface area contributed by atoms with Gasteiger partial charge in [-0.2, -0.15) is 5.01 Å². The molecular formula is C19H18N2O3. The molecule has 5 heteroatoms. The summed E-state index contributed by atoms with van der Waals surface area (Å²) in [6, 6.07) is 7.06. The first-order valence-electron chi connectivity index (χ1n) is 8.50. The summed E-state index contributed by atoms with van der Waals surface area (Å²) in [5.74, 6) is -0.00257. The van der Waals surface area contributed by atoms with Gasteiger partial charge in [0.15, 0.2) is 0 Å². The highest BCUT2D eigenvalue weighted by Crippen LogP contribution is 2.65. The topological polar surface area (TPSA) is 66.5 Å². The van der Waals surface area contributed by atoms with Gasteiger partial charge >= 0.3 is 0 Å². The lowest BCUT2D eigenvalue weighted by Gasteiger charge is -2.37. The number of rotatable bonds is 2. The Morgan fingerprint density at radius 3 is 2.08 bits per heavy atom. The Balaban J connectivity index is 1.40. The van der Waals surface area contributed by atoms with Crippen LogP contribution in [0.4, 0.5) is 0 Å². The van der Waals surface area contributed by atoms with Gasteiger partial charge in [0.2, 0.25) is 0 Å². The quantitative estimate of drug-likeness (QED) is 0.666. The Morgan fingerprint density at radius 2 is 1.54 bits per heavy atom. The van der Waals surface area contributed by atoms with Gasteiger partial charge in [0.25, 0.3) is 17.7 Å². The van der Waals surface area contributed by atoms with E-state index in [0.29, 0.717) is 17.4 Å². The number of hydrogen-bond acceptors (Lipinski definition) is 3. The molecule has 122 valence electrons. The monoisotopic (exact) mass is 322 g/mol. The zero-order valence-corrected chi connectivity index (χ0v) is 13.3. The van der Waals surface area contributed by atoms with Crippen molar-refractivity contribution < 1.29 is 14.4 Å². The van der Waals surface area contributed by atoms with Crippen LogP contribution in [0.15, 0.2) is 36.4 Å². The maximum atomic E-state index is 12.8. The summed E-state index contributed by atoms with van der Waals surface area (Å²) in [5.41, 5.74) is 4.03. The fourth-order valence-electron chi connectivity index (χ4n) is 4.94. The van der Waals surface area contributed by atoms with Gasteiger partial charge in [-0.05, 0) is 49.1 Å². The molecule has 1 aromatic rings. The van der Waals surface area contributed by atoms with Crippen molar-refractivity contribution >= 4 is 17.7 Å². The normalized spacial score (nSPS) is 38.1. The Hall–Kier alpha value is -2.43. The van der Waals surface area contributed by atoms with E-state index in [1.807, 2.05) is 19.1 Å². The van der Waals surface area contributed by atoms with Crippen molar-refractivity contribution in [3.63, 3.8) is 0 Å². The number of amides is 3. The molecule has 5 nitrogen and oxygen atoms in total. The molecule has 3 fully saturated rings. The first-order valence-corrected chi connectivity index (χ1v) is 8.50. The van der Waals surface area contributed by atoms with Crippen LogP contribution in [0, 0.1) is 42.4 Å². The molecule has 2 unspecified atom stereocenters. The average molecular weight is 322 g/mol. The SMILES string of the molecule is Cc1ccc(C(=O)NN2C(=O)[C@@H]3C4C=CC([C@@H]5C[C@@H]45)[C@@H]3C2=O)cc1. The number of imide groups is 1. The zero-order chi connectivity index (χ0) is 16.6. The zero-order valence-electron chi connectivity index (χ0n) is 13.3. The van der Waals surface area contributed by atoms with Gasteiger partial charge < -0.3 is 0 Å². The molecule has 2 bridgehead atoms. The smallest absolute Gasteiger partial charge is 0.270 e. The van der Waals surface area contributed by atoms with Crippen molar-refractivity contribution in [2.75, 3.05) is 0 Å². The highest BCUT2D eigenvalue weighted by atomic mass is 16.2. The van der Waals surface area contributed by atoms with E-state index in [1.165, 1.54) is 0 Å². The summed E-state index contributed by atoms with van der Waals surface area (Å²) in [5, 5.41) is 0.981. The summed E-state index contributed by atoms with van der Waals surface area (Å²) < 4.78 is 0. The molecule has 1 N–H and O–H groups in total. The molecule has 2 saturated carbocycles. The summed E-state index contributed by atoms with van der Waals surface area (Å²) in [7, 11) is 0. The fraction of sp³-hybridized carbons (Fsp3) is 0.421. The minimum Gasteiger partial charge on any atom is -0.272 e. The average Bonchev–Trinajstić information content (AvgIpc) is 3.36. The third-order valence-corrected chi connectivity index (χ3v) is 6.19. The summed E-state index contributed by atoms with van der Waals surface area (Å²) >= 11 is 0. The summed E-state index contributed by atoms with van der Waals surface area (Å²) in [6.45, 7) is 1.94. The molecule has 0 radical (unpaired) electrons. The van der Waals surface area contributed by atoms with Crippen LogP contribution >= 0.6 is 0 Å². The molecule has 0 spiro atoms. The van der Waals surface area contributed by atoms with Crippen LogP contribution in [0.3, 0.4) is 0 Å². The molecule has 0 aromatic heterocycles. The largest absolute Gasteiger partial charge is 0.272 e. The van der Waals surface area contributed by atoms with E-state index in [2.05, 4.69) is 17.6 Å². The van der Waals surface area contributed by atoms with E-state index in [4.69, 9.17) is 0 Å². The van der Waals surface area contributed by atoms with Crippen LogP contribution in [0.1, 0.15) is 22.3 Å². The Labute approximate surface area is 139 Å². The van der Waals surface area contributed by atoms with Crippen molar-refractivity contribution in [3.05, 3.63) is 47.5 Å². The van der Waals surface area contributed by atoms with Crippen molar-refractivity contribution in [2.45, 2.75) is 13.3 Å². The second-order valence-corrected chi connectivity index (χ2v) is 7.47. The van der Waals surface area contributed by atoms with Crippen molar-refractivity contribution in [1.82, 2.24) is 10.4 Å². The second kappa shape index (κ2) is 4.56. The Bertz CT molecular complexity index is 761. The first-order chi connectivity index (χ1) is 11.6. The highest BCUT2D eigenvalue weighted by Gasteiger charge is 2.67. The van der Waals surface area contributed by atoms with Gasteiger partial charge in [0, 0.05) is 5.56 Å². The lowest BCUT2D eigenvalue weighted by molar-refractivity contribution is -0.143. The maximum absolute atomic E-state index is 12.8.